The van der Waals surface area contributed by atoms with Crippen molar-refractivity contribution in [2.24, 2.45) is 13.0 Å². The van der Waals surface area contributed by atoms with Crippen molar-refractivity contribution in [1.29, 1.82) is 0 Å². The molecule has 1 fully saturated rings. The van der Waals surface area contributed by atoms with Gasteiger partial charge >= 0.3 is 0 Å². The number of methoxy groups -OCH3 is 1. The zero-order valence-electron chi connectivity index (χ0n) is 10.7. The number of aryl methyl sites for hydroxylation is 1. The van der Waals surface area contributed by atoms with Crippen LogP contribution in [-0.4, -0.2) is 41.3 Å². The molecular formula is C13H21N3O. The fourth-order valence-corrected chi connectivity index (χ4v) is 2.95. The van der Waals surface area contributed by atoms with Gasteiger partial charge in [0.25, 0.3) is 0 Å². The summed E-state index contributed by atoms with van der Waals surface area (Å²) in [4.78, 5) is 7.08. The van der Waals surface area contributed by atoms with Gasteiger partial charge in [-0.15, -0.1) is 0 Å². The summed E-state index contributed by atoms with van der Waals surface area (Å²) < 4.78 is 7.52. The van der Waals surface area contributed by atoms with Gasteiger partial charge in [-0.05, 0) is 18.8 Å². The summed E-state index contributed by atoms with van der Waals surface area (Å²) in [5.74, 6) is 1.43. The Bertz CT molecular complexity index is 397. The Hall–Kier alpha value is -0.870. The SMILES string of the molecule is COC[C@H]1CN(CC2CC2)Cc2ncn(C)c21. The van der Waals surface area contributed by atoms with Crippen LogP contribution in [0.15, 0.2) is 6.33 Å². The molecule has 0 unspecified atom stereocenters. The molecular weight excluding hydrogens is 214 g/mol. The van der Waals surface area contributed by atoms with Gasteiger partial charge in [-0.3, -0.25) is 4.90 Å². The molecule has 1 aliphatic heterocycles. The van der Waals surface area contributed by atoms with Crippen molar-refractivity contribution in [1.82, 2.24) is 14.5 Å². The Morgan fingerprint density at radius 1 is 1.47 bits per heavy atom. The monoisotopic (exact) mass is 235 g/mol. The van der Waals surface area contributed by atoms with Crippen molar-refractivity contribution in [2.45, 2.75) is 25.3 Å². The van der Waals surface area contributed by atoms with Crippen molar-refractivity contribution < 1.29 is 4.74 Å². The average Bonchev–Trinajstić information content (AvgIpc) is 3.03. The Kier molecular flexibility index (Phi) is 2.92. The number of rotatable bonds is 4. The van der Waals surface area contributed by atoms with Gasteiger partial charge in [0.15, 0.2) is 0 Å². The Labute approximate surface area is 103 Å². The zero-order valence-corrected chi connectivity index (χ0v) is 10.7. The molecule has 0 aromatic carbocycles. The van der Waals surface area contributed by atoms with E-state index >= 15 is 0 Å². The van der Waals surface area contributed by atoms with E-state index in [1.807, 2.05) is 6.33 Å². The zero-order chi connectivity index (χ0) is 11.8. The summed E-state index contributed by atoms with van der Waals surface area (Å²) in [6, 6.07) is 0. The van der Waals surface area contributed by atoms with Crippen molar-refractivity contribution in [3.8, 4) is 0 Å². The van der Waals surface area contributed by atoms with E-state index in [-0.39, 0.29) is 0 Å². The number of hydrogen-bond donors (Lipinski definition) is 0. The number of aromatic nitrogens is 2. The van der Waals surface area contributed by atoms with Gasteiger partial charge in [0, 0.05) is 45.4 Å². The molecule has 2 heterocycles. The first-order valence-electron chi connectivity index (χ1n) is 6.49. The van der Waals surface area contributed by atoms with E-state index in [1.165, 1.54) is 30.8 Å². The van der Waals surface area contributed by atoms with E-state index in [0.29, 0.717) is 5.92 Å². The molecule has 0 amide bonds. The molecule has 1 saturated carbocycles. The molecule has 94 valence electrons. The third-order valence-electron chi connectivity index (χ3n) is 3.88. The summed E-state index contributed by atoms with van der Waals surface area (Å²) >= 11 is 0. The standard InChI is InChI=1S/C13H21N3O/c1-15-9-14-12-7-16(5-10-3-4-10)6-11(8-17-2)13(12)15/h9-11H,3-8H2,1-2H3/t11-/m1/s1. The van der Waals surface area contributed by atoms with Crippen LogP contribution in [0, 0.1) is 5.92 Å². The van der Waals surface area contributed by atoms with Gasteiger partial charge < -0.3 is 9.30 Å². The van der Waals surface area contributed by atoms with Gasteiger partial charge in [0.1, 0.15) is 0 Å². The van der Waals surface area contributed by atoms with Crippen LogP contribution in [0.4, 0.5) is 0 Å². The van der Waals surface area contributed by atoms with Crippen LogP contribution in [0.25, 0.3) is 0 Å². The molecule has 4 nitrogen and oxygen atoms in total. The van der Waals surface area contributed by atoms with Crippen LogP contribution in [0.5, 0.6) is 0 Å². The maximum absolute atomic E-state index is 5.36. The van der Waals surface area contributed by atoms with Gasteiger partial charge in [-0.2, -0.15) is 0 Å². The smallest absolute Gasteiger partial charge is 0.0949 e. The highest BCUT2D eigenvalue weighted by Crippen LogP contribution is 2.33. The molecule has 3 rings (SSSR count). The molecule has 1 aliphatic carbocycles. The fraction of sp³-hybridized carbons (Fsp3) is 0.769. The number of nitrogens with zero attached hydrogens (tertiary/aromatic N) is 3. The lowest BCUT2D eigenvalue weighted by atomic mass is 9.99. The molecule has 0 N–H and O–H groups in total. The highest BCUT2D eigenvalue weighted by molar-refractivity contribution is 5.21. The van der Waals surface area contributed by atoms with E-state index in [1.54, 1.807) is 7.11 Å². The summed E-state index contributed by atoms with van der Waals surface area (Å²) in [5.41, 5.74) is 2.63. The molecule has 1 atom stereocenters. The van der Waals surface area contributed by atoms with Gasteiger partial charge in [-0.1, -0.05) is 0 Å². The second-order valence-corrected chi connectivity index (χ2v) is 5.48. The molecule has 0 saturated heterocycles. The van der Waals surface area contributed by atoms with E-state index < -0.39 is 0 Å². The lowest BCUT2D eigenvalue weighted by molar-refractivity contribution is 0.133. The first-order chi connectivity index (χ1) is 8.28. The highest BCUT2D eigenvalue weighted by Gasteiger charge is 2.32. The van der Waals surface area contributed by atoms with Gasteiger partial charge in [-0.25, -0.2) is 4.98 Å². The second-order valence-electron chi connectivity index (χ2n) is 5.48. The molecule has 0 bridgehead atoms. The summed E-state index contributed by atoms with van der Waals surface area (Å²) in [7, 11) is 3.88. The highest BCUT2D eigenvalue weighted by atomic mass is 16.5. The topological polar surface area (TPSA) is 30.3 Å². The van der Waals surface area contributed by atoms with Crippen LogP contribution in [0.2, 0.25) is 0 Å². The summed E-state index contributed by atoms with van der Waals surface area (Å²) in [6.07, 6.45) is 4.77. The first-order valence-corrected chi connectivity index (χ1v) is 6.49. The number of fused-ring (bicyclic) bond motifs is 1. The molecule has 0 radical (unpaired) electrons. The van der Waals surface area contributed by atoms with E-state index in [9.17, 15) is 0 Å². The third-order valence-corrected chi connectivity index (χ3v) is 3.88. The van der Waals surface area contributed by atoms with E-state index in [4.69, 9.17) is 4.74 Å². The largest absolute Gasteiger partial charge is 0.384 e. The fourth-order valence-electron chi connectivity index (χ4n) is 2.95. The Morgan fingerprint density at radius 2 is 2.29 bits per heavy atom. The number of hydrogen-bond acceptors (Lipinski definition) is 3. The molecule has 17 heavy (non-hydrogen) atoms. The summed E-state index contributed by atoms with van der Waals surface area (Å²) in [6.45, 7) is 4.19. The van der Waals surface area contributed by atoms with Crippen LogP contribution in [0.3, 0.4) is 0 Å². The van der Waals surface area contributed by atoms with Crippen molar-refractivity contribution in [2.75, 3.05) is 26.8 Å². The number of ether oxygens (including phenoxy) is 1. The van der Waals surface area contributed by atoms with Crippen molar-refractivity contribution >= 4 is 0 Å². The van der Waals surface area contributed by atoms with E-state index in [0.717, 1.165) is 25.6 Å². The molecule has 0 spiro atoms. The van der Waals surface area contributed by atoms with Crippen LogP contribution < -0.4 is 0 Å². The van der Waals surface area contributed by atoms with Crippen LogP contribution in [-0.2, 0) is 18.3 Å². The lowest BCUT2D eigenvalue weighted by Crippen LogP contribution is -2.37. The third kappa shape index (κ3) is 2.24. The Balaban J connectivity index is 1.79. The molecule has 1 aromatic rings. The maximum atomic E-state index is 5.36. The van der Waals surface area contributed by atoms with Crippen LogP contribution >= 0.6 is 0 Å². The molecule has 4 heteroatoms. The second kappa shape index (κ2) is 4.42. The Morgan fingerprint density at radius 3 is 3.00 bits per heavy atom. The summed E-state index contributed by atoms with van der Waals surface area (Å²) in [5, 5.41) is 0. The van der Waals surface area contributed by atoms with Gasteiger partial charge in [0.2, 0.25) is 0 Å². The predicted molar refractivity (Wildman–Crippen MR) is 65.8 cm³/mol. The van der Waals surface area contributed by atoms with Gasteiger partial charge in [0.05, 0.1) is 18.6 Å². The van der Waals surface area contributed by atoms with Crippen molar-refractivity contribution in [3.63, 3.8) is 0 Å². The molecule has 2 aliphatic rings. The first kappa shape index (κ1) is 11.2. The predicted octanol–water partition coefficient (Wildman–Crippen LogP) is 1.38. The number of imidazole rings is 1. The van der Waals surface area contributed by atoms with E-state index in [2.05, 4.69) is 21.5 Å². The van der Waals surface area contributed by atoms with Crippen molar-refractivity contribution in [3.05, 3.63) is 17.7 Å². The normalized spacial score (nSPS) is 24.9. The quantitative estimate of drug-likeness (QED) is 0.789. The maximum Gasteiger partial charge on any atom is 0.0949 e. The minimum Gasteiger partial charge on any atom is -0.384 e. The lowest BCUT2D eigenvalue weighted by Gasteiger charge is -2.32. The van der Waals surface area contributed by atoms with Crippen LogP contribution in [0.1, 0.15) is 30.1 Å². The minimum atomic E-state index is 0.481. The minimum absolute atomic E-state index is 0.481. The average molecular weight is 235 g/mol. The molecule has 1 aromatic heterocycles.